The second kappa shape index (κ2) is 8.31. The van der Waals surface area contributed by atoms with Gasteiger partial charge in [0, 0.05) is 17.9 Å². The Kier molecular flexibility index (Phi) is 5.43. The molecule has 0 unspecified atom stereocenters. The van der Waals surface area contributed by atoms with Gasteiger partial charge in [-0.3, -0.25) is 9.59 Å². The van der Waals surface area contributed by atoms with E-state index in [1.807, 2.05) is 67.6 Å². The summed E-state index contributed by atoms with van der Waals surface area (Å²) in [5.74, 6) is -1.01. The van der Waals surface area contributed by atoms with Crippen molar-refractivity contribution in [2.24, 2.45) is 5.92 Å². The number of benzene rings is 3. The van der Waals surface area contributed by atoms with Crippen LogP contribution in [0.1, 0.15) is 23.1 Å². The first-order valence-corrected chi connectivity index (χ1v) is 9.92. The average molecular weight is 384 g/mol. The zero-order valence-corrected chi connectivity index (χ0v) is 16.5. The standard InChI is InChI=1S/C25H24N2O2/c1-18-8-7-12-21(16-18)26-24(28)22-14-15-27(25(22)29)23-13-6-5-11-20(23)17-19-9-3-2-4-10-19/h2-13,16,22H,14-15,17H2,1H3,(H,26,28)/t22-/m0/s1. The van der Waals surface area contributed by atoms with E-state index in [-0.39, 0.29) is 11.8 Å². The summed E-state index contributed by atoms with van der Waals surface area (Å²) in [6, 6.07) is 25.8. The molecule has 3 aromatic carbocycles. The summed E-state index contributed by atoms with van der Waals surface area (Å²) in [6.07, 6.45) is 1.27. The Bertz CT molecular complexity index is 1030. The van der Waals surface area contributed by atoms with Crippen LogP contribution >= 0.6 is 0 Å². The minimum Gasteiger partial charge on any atom is -0.325 e. The lowest BCUT2D eigenvalue weighted by molar-refractivity contribution is -0.129. The Morgan fingerprint density at radius 2 is 1.76 bits per heavy atom. The quantitative estimate of drug-likeness (QED) is 0.655. The summed E-state index contributed by atoms with van der Waals surface area (Å²) in [5.41, 5.74) is 4.97. The number of hydrogen-bond donors (Lipinski definition) is 1. The third-order valence-corrected chi connectivity index (χ3v) is 5.33. The molecule has 1 atom stereocenters. The number of hydrogen-bond acceptors (Lipinski definition) is 2. The average Bonchev–Trinajstić information content (AvgIpc) is 3.10. The van der Waals surface area contributed by atoms with Crippen molar-refractivity contribution in [1.82, 2.24) is 0 Å². The predicted octanol–water partition coefficient (Wildman–Crippen LogP) is 4.58. The summed E-state index contributed by atoms with van der Waals surface area (Å²) in [6.45, 7) is 2.53. The zero-order chi connectivity index (χ0) is 20.2. The summed E-state index contributed by atoms with van der Waals surface area (Å²) in [7, 11) is 0. The molecule has 0 bridgehead atoms. The number of rotatable bonds is 5. The molecule has 29 heavy (non-hydrogen) atoms. The van der Waals surface area contributed by atoms with E-state index in [1.165, 1.54) is 5.56 Å². The molecule has 4 heteroatoms. The van der Waals surface area contributed by atoms with Crippen LogP contribution in [0.25, 0.3) is 0 Å². The van der Waals surface area contributed by atoms with Gasteiger partial charge in [0.05, 0.1) is 0 Å². The molecule has 1 aliphatic rings. The lowest BCUT2D eigenvalue weighted by atomic mass is 10.0. The molecule has 0 aliphatic carbocycles. The highest BCUT2D eigenvalue weighted by Gasteiger charge is 2.38. The Balaban J connectivity index is 1.51. The molecule has 0 saturated carbocycles. The molecule has 1 saturated heterocycles. The summed E-state index contributed by atoms with van der Waals surface area (Å²) in [4.78, 5) is 27.6. The smallest absolute Gasteiger partial charge is 0.239 e. The summed E-state index contributed by atoms with van der Waals surface area (Å²) < 4.78 is 0. The lowest BCUT2D eigenvalue weighted by Crippen LogP contribution is -2.33. The number of anilines is 2. The third-order valence-electron chi connectivity index (χ3n) is 5.33. The van der Waals surface area contributed by atoms with Crippen LogP contribution in [-0.2, 0) is 16.0 Å². The van der Waals surface area contributed by atoms with Crippen molar-refractivity contribution in [2.75, 3.05) is 16.8 Å². The highest BCUT2D eigenvalue weighted by Crippen LogP contribution is 2.30. The van der Waals surface area contributed by atoms with Gasteiger partial charge in [0.2, 0.25) is 11.8 Å². The van der Waals surface area contributed by atoms with Gasteiger partial charge in [-0.2, -0.15) is 0 Å². The van der Waals surface area contributed by atoms with E-state index in [4.69, 9.17) is 0 Å². The number of nitrogens with zero attached hydrogens (tertiary/aromatic N) is 1. The van der Waals surface area contributed by atoms with Crippen LogP contribution < -0.4 is 10.2 Å². The van der Waals surface area contributed by atoms with Crippen LogP contribution in [0.5, 0.6) is 0 Å². The third kappa shape index (κ3) is 4.21. The molecule has 1 aliphatic heterocycles. The molecule has 146 valence electrons. The largest absolute Gasteiger partial charge is 0.325 e. The van der Waals surface area contributed by atoms with Crippen LogP contribution in [-0.4, -0.2) is 18.4 Å². The van der Waals surface area contributed by atoms with Gasteiger partial charge in [-0.1, -0.05) is 60.7 Å². The fourth-order valence-electron chi connectivity index (χ4n) is 3.85. The van der Waals surface area contributed by atoms with Crippen LogP contribution in [0.2, 0.25) is 0 Å². The second-order valence-corrected chi connectivity index (χ2v) is 7.48. The van der Waals surface area contributed by atoms with E-state index in [0.29, 0.717) is 13.0 Å². The number of carbonyl (C=O) groups is 2. The summed E-state index contributed by atoms with van der Waals surface area (Å²) >= 11 is 0. The SMILES string of the molecule is Cc1cccc(NC(=O)[C@@H]2CCN(c3ccccc3Cc3ccccc3)C2=O)c1. The predicted molar refractivity (Wildman–Crippen MR) is 116 cm³/mol. The van der Waals surface area contributed by atoms with Gasteiger partial charge >= 0.3 is 0 Å². The molecule has 1 heterocycles. The maximum Gasteiger partial charge on any atom is 0.239 e. The van der Waals surface area contributed by atoms with Crippen molar-refractivity contribution in [3.63, 3.8) is 0 Å². The maximum absolute atomic E-state index is 13.1. The van der Waals surface area contributed by atoms with Crippen LogP contribution in [0, 0.1) is 12.8 Å². The number of carbonyl (C=O) groups excluding carboxylic acids is 2. The Labute approximate surface area is 171 Å². The topological polar surface area (TPSA) is 49.4 Å². The number of aryl methyl sites for hydroxylation is 1. The maximum atomic E-state index is 13.1. The molecule has 0 aromatic heterocycles. The molecule has 4 nitrogen and oxygen atoms in total. The molecular formula is C25H24N2O2. The first kappa shape index (κ1) is 18.9. The van der Waals surface area contributed by atoms with Crippen molar-refractivity contribution < 1.29 is 9.59 Å². The molecular weight excluding hydrogens is 360 g/mol. The van der Waals surface area contributed by atoms with Gasteiger partial charge in [0.15, 0.2) is 0 Å². The fourth-order valence-corrected chi connectivity index (χ4v) is 3.85. The van der Waals surface area contributed by atoms with Crippen molar-refractivity contribution in [2.45, 2.75) is 19.8 Å². The van der Waals surface area contributed by atoms with E-state index >= 15 is 0 Å². The van der Waals surface area contributed by atoms with Crippen molar-refractivity contribution in [3.05, 3.63) is 95.6 Å². The van der Waals surface area contributed by atoms with Crippen molar-refractivity contribution >= 4 is 23.2 Å². The van der Waals surface area contributed by atoms with Gasteiger partial charge in [0.25, 0.3) is 0 Å². The van der Waals surface area contributed by atoms with Gasteiger partial charge in [-0.05, 0) is 54.7 Å². The van der Waals surface area contributed by atoms with E-state index in [0.717, 1.165) is 28.9 Å². The van der Waals surface area contributed by atoms with Crippen molar-refractivity contribution in [3.8, 4) is 0 Å². The number of nitrogens with one attached hydrogen (secondary N) is 1. The van der Waals surface area contributed by atoms with Gasteiger partial charge in [-0.25, -0.2) is 0 Å². The molecule has 1 N–H and O–H groups in total. The van der Waals surface area contributed by atoms with E-state index < -0.39 is 5.92 Å². The van der Waals surface area contributed by atoms with E-state index in [2.05, 4.69) is 23.5 Å². The minimum absolute atomic E-state index is 0.129. The zero-order valence-electron chi connectivity index (χ0n) is 16.5. The number of amides is 2. The van der Waals surface area contributed by atoms with E-state index in [1.54, 1.807) is 4.90 Å². The molecule has 4 rings (SSSR count). The highest BCUT2D eigenvalue weighted by molar-refractivity contribution is 6.13. The highest BCUT2D eigenvalue weighted by atomic mass is 16.2. The second-order valence-electron chi connectivity index (χ2n) is 7.48. The first-order valence-electron chi connectivity index (χ1n) is 9.92. The van der Waals surface area contributed by atoms with Crippen LogP contribution in [0.3, 0.4) is 0 Å². The molecule has 1 fully saturated rings. The monoisotopic (exact) mass is 384 g/mol. The minimum atomic E-state index is -0.653. The van der Waals surface area contributed by atoms with Gasteiger partial charge in [0.1, 0.15) is 5.92 Å². The fraction of sp³-hybridized carbons (Fsp3) is 0.200. The number of para-hydroxylation sites is 1. The van der Waals surface area contributed by atoms with Crippen molar-refractivity contribution in [1.29, 1.82) is 0 Å². The Morgan fingerprint density at radius 1 is 1.00 bits per heavy atom. The Hall–Kier alpha value is -3.40. The molecule has 0 radical (unpaired) electrons. The van der Waals surface area contributed by atoms with Gasteiger partial charge in [-0.15, -0.1) is 0 Å². The first-order chi connectivity index (χ1) is 14.1. The van der Waals surface area contributed by atoms with Gasteiger partial charge < -0.3 is 10.2 Å². The molecule has 2 amide bonds. The van der Waals surface area contributed by atoms with Crippen LogP contribution in [0.4, 0.5) is 11.4 Å². The van der Waals surface area contributed by atoms with E-state index in [9.17, 15) is 9.59 Å². The molecule has 0 spiro atoms. The molecule has 3 aromatic rings. The Morgan fingerprint density at radius 3 is 2.55 bits per heavy atom. The summed E-state index contributed by atoms with van der Waals surface area (Å²) in [5, 5.41) is 2.90. The van der Waals surface area contributed by atoms with Crippen LogP contribution in [0.15, 0.2) is 78.9 Å². The normalized spacial score (nSPS) is 16.1. The lowest BCUT2D eigenvalue weighted by Gasteiger charge is -2.20.